The molecule has 8 aromatic rings. The van der Waals surface area contributed by atoms with E-state index in [4.69, 9.17) is 11.6 Å². The van der Waals surface area contributed by atoms with Crippen LogP contribution in [0.3, 0.4) is 0 Å². The van der Waals surface area contributed by atoms with Crippen molar-refractivity contribution in [2.75, 3.05) is 0 Å². The first kappa shape index (κ1) is 32.2. The molecule has 0 saturated carbocycles. The first-order valence-corrected chi connectivity index (χ1v) is 16.2. The van der Waals surface area contributed by atoms with E-state index >= 15 is 0 Å². The Morgan fingerprint density at radius 3 is 1.58 bits per heavy atom. The zero-order valence-electron chi connectivity index (χ0n) is 27.2. The third-order valence-electron chi connectivity index (χ3n) is 8.39. The smallest absolute Gasteiger partial charge is 0.290 e. The summed E-state index contributed by atoms with van der Waals surface area (Å²) in [6, 6.07) is 36.9. The molecule has 0 aliphatic rings. The predicted octanol–water partition coefficient (Wildman–Crippen LogP) is 5.64. The van der Waals surface area contributed by atoms with Crippen molar-refractivity contribution in [3.8, 4) is 22.3 Å². The van der Waals surface area contributed by atoms with E-state index in [2.05, 4.69) is 80.8 Å². The van der Waals surface area contributed by atoms with E-state index in [0.29, 0.717) is 35.2 Å². The molecule has 12 heteroatoms. The van der Waals surface area contributed by atoms with Crippen LogP contribution in [0, 0.1) is 0 Å². The number of aromatic nitrogens is 8. The lowest BCUT2D eigenvalue weighted by atomic mass is 10.0. The van der Waals surface area contributed by atoms with Gasteiger partial charge >= 0.3 is 5.69 Å². The molecule has 0 amide bonds. The molecule has 0 spiro atoms. The Balaban J connectivity index is 0.000000157. The van der Waals surface area contributed by atoms with E-state index in [1.165, 1.54) is 22.7 Å². The van der Waals surface area contributed by atoms with Gasteiger partial charge in [-0.15, -0.1) is 0 Å². The van der Waals surface area contributed by atoms with Gasteiger partial charge in [0.15, 0.2) is 11.3 Å². The summed E-state index contributed by atoms with van der Waals surface area (Å²) in [5.41, 5.74) is 6.50. The van der Waals surface area contributed by atoms with Gasteiger partial charge in [0.05, 0.1) is 13.1 Å². The van der Waals surface area contributed by atoms with Crippen LogP contribution in [0.25, 0.3) is 44.3 Å². The van der Waals surface area contributed by atoms with Crippen molar-refractivity contribution >= 4 is 33.7 Å². The topological polar surface area (TPSA) is 125 Å². The minimum atomic E-state index is -0.463. The second-order valence-electron chi connectivity index (χ2n) is 11.8. The second-order valence-corrected chi connectivity index (χ2v) is 12.2. The Kier molecular flexibility index (Phi) is 8.80. The van der Waals surface area contributed by atoms with Gasteiger partial charge in [0.1, 0.15) is 10.8 Å². The van der Waals surface area contributed by atoms with Crippen molar-refractivity contribution in [2.45, 2.75) is 13.1 Å². The zero-order chi connectivity index (χ0) is 34.8. The Hall–Kier alpha value is -6.33. The van der Waals surface area contributed by atoms with Crippen molar-refractivity contribution in [1.29, 1.82) is 0 Å². The third kappa shape index (κ3) is 6.67. The maximum absolute atomic E-state index is 12.2. The zero-order valence-corrected chi connectivity index (χ0v) is 28.0. The molecule has 4 aromatic carbocycles. The van der Waals surface area contributed by atoms with E-state index in [1.807, 2.05) is 48.5 Å². The Labute approximate surface area is 290 Å². The van der Waals surface area contributed by atoms with Gasteiger partial charge < -0.3 is 0 Å². The maximum Gasteiger partial charge on any atom is 0.329 e. The molecule has 11 nitrogen and oxygen atoms in total. The molecule has 0 fully saturated rings. The Morgan fingerprint density at radius 1 is 0.580 bits per heavy atom. The number of H-pyrrole nitrogens is 1. The fraction of sp³-hybridized carbons (Fsp3) is 0.105. The number of fused-ring (bicyclic) bond motifs is 2. The van der Waals surface area contributed by atoms with E-state index < -0.39 is 5.69 Å². The van der Waals surface area contributed by atoms with E-state index in [0.717, 1.165) is 26.8 Å². The lowest BCUT2D eigenvalue weighted by Gasteiger charge is -2.05. The third-order valence-corrected chi connectivity index (χ3v) is 8.73. The largest absolute Gasteiger partial charge is 0.329 e. The molecule has 248 valence electrons. The van der Waals surface area contributed by atoms with Crippen molar-refractivity contribution in [3.63, 3.8) is 0 Å². The summed E-state index contributed by atoms with van der Waals surface area (Å²) >= 11 is 5.94. The van der Waals surface area contributed by atoms with Gasteiger partial charge in [-0.05, 0) is 45.0 Å². The molecule has 1 N–H and O–H groups in total. The van der Waals surface area contributed by atoms with Gasteiger partial charge in [-0.1, -0.05) is 109 Å². The van der Waals surface area contributed by atoms with E-state index in [9.17, 15) is 14.4 Å². The summed E-state index contributed by atoms with van der Waals surface area (Å²) in [7, 11) is 3.04. The number of hydrogen-bond donors (Lipinski definition) is 1. The average Bonchev–Trinajstić information content (AvgIpc) is 3.74. The SMILES string of the molecule is Cn1c(=O)[nH]c2nn(Cc3ccc(-c4ccccc4)cc3)cc2c1=O.Cn1c(Cl)nc2nn(Cc3ccc(-c4ccccc4)cc3)cc2c1=O. The summed E-state index contributed by atoms with van der Waals surface area (Å²) in [4.78, 5) is 42.7. The molecule has 4 heterocycles. The van der Waals surface area contributed by atoms with Crippen LogP contribution in [-0.4, -0.2) is 38.7 Å². The van der Waals surface area contributed by atoms with Gasteiger partial charge in [-0.2, -0.15) is 15.2 Å². The van der Waals surface area contributed by atoms with Crippen LogP contribution >= 0.6 is 11.6 Å². The molecule has 4 aromatic heterocycles. The van der Waals surface area contributed by atoms with E-state index in [1.54, 1.807) is 28.8 Å². The minimum absolute atomic E-state index is 0.134. The molecule has 0 aliphatic carbocycles. The van der Waals surface area contributed by atoms with Crippen LogP contribution in [0.2, 0.25) is 5.28 Å². The Morgan fingerprint density at radius 2 is 1.04 bits per heavy atom. The molecule has 8 rings (SSSR count). The predicted molar refractivity (Wildman–Crippen MR) is 195 cm³/mol. The number of nitrogens with zero attached hydrogens (tertiary/aromatic N) is 7. The van der Waals surface area contributed by atoms with Gasteiger partial charge in [0, 0.05) is 26.5 Å². The fourth-order valence-electron chi connectivity index (χ4n) is 5.60. The first-order chi connectivity index (χ1) is 24.2. The number of hydrogen-bond acceptors (Lipinski definition) is 6. The number of nitrogens with one attached hydrogen (secondary N) is 1. The molecule has 50 heavy (non-hydrogen) atoms. The molecule has 0 radical (unpaired) electrons. The summed E-state index contributed by atoms with van der Waals surface area (Å²) in [6.45, 7) is 1.08. The van der Waals surface area contributed by atoms with Gasteiger partial charge in [-0.25, -0.2) is 4.79 Å². The Bertz CT molecular complexity index is 2620. The van der Waals surface area contributed by atoms with Gasteiger partial charge in [0.25, 0.3) is 11.1 Å². The molecular formula is C38H31ClN8O3. The number of halogens is 1. The highest BCUT2D eigenvalue weighted by Gasteiger charge is 2.12. The van der Waals surface area contributed by atoms with Crippen LogP contribution in [0.4, 0.5) is 0 Å². The second kappa shape index (κ2) is 13.7. The minimum Gasteiger partial charge on any atom is -0.290 e. The van der Waals surface area contributed by atoms with Gasteiger partial charge in [-0.3, -0.25) is 33.1 Å². The highest BCUT2D eigenvalue weighted by Crippen LogP contribution is 2.21. The first-order valence-electron chi connectivity index (χ1n) is 15.8. The van der Waals surface area contributed by atoms with Crippen LogP contribution in [0.1, 0.15) is 11.1 Å². The average molecular weight is 683 g/mol. The molecule has 0 unspecified atom stereocenters. The normalized spacial score (nSPS) is 11.1. The lowest BCUT2D eigenvalue weighted by Crippen LogP contribution is -2.31. The number of rotatable bonds is 6. The monoisotopic (exact) mass is 682 g/mol. The highest BCUT2D eigenvalue weighted by molar-refractivity contribution is 6.28. The van der Waals surface area contributed by atoms with Crippen molar-refractivity contribution in [1.82, 2.24) is 38.7 Å². The molecule has 0 aliphatic heterocycles. The standard InChI is InChI=1S/C19H15ClN4O.C19H16N4O2/c1-23-18(25)16-12-24(22-17(16)21-19(23)20)11-13-7-9-15(10-8-13)14-5-3-2-4-6-14;1-22-18(24)16-12-23(21-17(16)20-19(22)25)11-13-7-9-15(10-8-13)14-5-3-2-4-6-14/h2-10,12H,11H2,1H3;2-10,12H,11H2,1H3,(H,20,21,25). The van der Waals surface area contributed by atoms with Crippen LogP contribution in [-0.2, 0) is 27.2 Å². The number of benzene rings is 4. The summed E-state index contributed by atoms with van der Waals surface area (Å²) < 4.78 is 5.74. The summed E-state index contributed by atoms with van der Waals surface area (Å²) in [6.07, 6.45) is 3.38. The van der Waals surface area contributed by atoms with Crippen molar-refractivity contribution in [3.05, 3.63) is 169 Å². The fourth-order valence-corrected chi connectivity index (χ4v) is 5.76. The highest BCUT2D eigenvalue weighted by atomic mass is 35.5. The summed E-state index contributed by atoms with van der Waals surface area (Å²) in [5, 5.41) is 9.66. The quantitative estimate of drug-likeness (QED) is 0.227. The molecule has 0 bridgehead atoms. The van der Waals surface area contributed by atoms with Crippen LogP contribution in [0.15, 0.2) is 136 Å². The molecular weight excluding hydrogens is 652 g/mol. The van der Waals surface area contributed by atoms with Crippen LogP contribution in [0.5, 0.6) is 0 Å². The lowest BCUT2D eigenvalue weighted by molar-refractivity contribution is 0.692. The van der Waals surface area contributed by atoms with Crippen molar-refractivity contribution in [2.24, 2.45) is 14.1 Å². The molecule has 0 saturated heterocycles. The number of aromatic amines is 1. The molecule has 0 atom stereocenters. The van der Waals surface area contributed by atoms with E-state index in [-0.39, 0.29) is 16.4 Å². The maximum atomic E-state index is 12.2. The van der Waals surface area contributed by atoms with Crippen LogP contribution < -0.4 is 16.8 Å². The van der Waals surface area contributed by atoms with Crippen molar-refractivity contribution < 1.29 is 0 Å². The summed E-state index contributed by atoms with van der Waals surface area (Å²) in [5.74, 6) is 0. The van der Waals surface area contributed by atoms with Gasteiger partial charge in [0.2, 0.25) is 5.28 Å².